The van der Waals surface area contributed by atoms with Gasteiger partial charge in [-0.3, -0.25) is 4.79 Å². The number of methoxy groups -OCH3 is 1. The van der Waals surface area contributed by atoms with Crippen LogP contribution >= 0.6 is 31.9 Å². The van der Waals surface area contributed by atoms with E-state index in [1.165, 1.54) is 0 Å². The van der Waals surface area contributed by atoms with Crippen molar-refractivity contribution in [2.75, 3.05) is 26.9 Å². The maximum absolute atomic E-state index is 11.7. The highest BCUT2D eigenvalue weighted by molar-refractivity contribution is 9.11. The van der Waals surface area contributed by atoms with Gasteiger partial charge in [0.05, 0.1) is 17.7 Å². The minimum Gasteiger partial charge on any atom is -0.382 e. The number of aromatic nitrogens is 1. The normalized spacial score (nSPS) is 10.8. The summed E-state index contributed by atoms with van der Waals surface area (Å²) in [4.78, 5) is 11.7. The van der Waals surface area contributed by atoms with Crippen LogP contribution in [0.4, 0.5) is 0 Å². The number of rotatable bonds is 7. The van der Waals surface area contributed by atoms with Gasteiger partial charge in [-0.25, -0.2) is 0 Å². The molecule has 0 unspecified atom stereocenters. The summed E-state index contributed by atoms with van der Waals surface area (Å²) < 4.78 is 13.3. The van der Waals surface area contributed by atoms with Gasteiger partial charge in [0.1, 0.15) is 0 Å². The Morgan fingerprint density at radius 3 is 2.76 bits per heavy atom. The Morgan fingerprint density at radius 2 is 2.06 bits per heavy atom. The van der Waals surface area contributed by atoms with Gasteiger partial charge in [-0.1, -0.05) is 0 Å². The molecule has 0 aromatic carbocycles. The zero-order chi connectivity index (χ0) is 12.7. The van der Waals surface area contributed by atoms with Crippen LogP contribution in [0.2, 0.25) is 0 Å². The number of hydrogen-bond acceptors (Lipinski definition) is 3. The Balaban J connectivity index is 2.39. The summed E-state index contributed by atoms with van der Waals surface area (Å²) in [5.74, 6) is 0. The Bertz CT molecular complexity index is 406. The largest absolute Gasteiger partial charge is 0.382 e. The molecule has 0 N–H and O–H groups in total. The second kappa shape index (κ2) is 8.02. The van der Waals surface area contributed by atoms with Crippen molar-refractivity contribution in [3.05, 3.63) is 31.6 Å². The average molecular weight is 369 g/mol. The van der Waals surface area contributed by atoms with E-state index < -0.39 is 0 Å². The van der Waals surface area contributed by atoms with Crippen LogP contribution in [0.5, 0.6) is 0 Å². The van der Waals surface area contributed by atoms with Gasteiger partial charge in [0.15, 0.2) is 0 Å². The lowest BCUT2D eigenvalue weighted by atomic mass is 10.4. The summed E-state index contributed by atoms with van der Waals surface area (Å²) in [6.45, 7) is 2.46. The van der Waals surface area contributed by atoms with Crippen molar-refractivity contribution >= 4 is 31.9 Å². The molecule has 6 heteroatoms. The fourth-order valence-electron chi connectivity index (χ4n) is 1.31. The number of hydrogen-bond donors (Lipinski definition) is 0. The average Bonchev–Trinajstić information content (AvgIpc) is 2.29. The molecule has 17 heavy (non-hydrogen) atoms. The first-order valence-electron chi connectivity index (χ1n) is 5.27. The SMILES string of the molecule is COCCOCCCn1cc(Br)cc(Br)c1=O. The van der Waals surface area contributed by atoms with Gasteiger partial charge < -0.3 is 14.0 Å². The first-order valence-corrected chi connectivity index (χ1v) is 6.86. The van der Waals surface area contributed by atoms with Crippen molar-refractivity contribution in [3.63, 3.8) is 0 Å². The Hall–Kier alpha value is -0.170. The summed E-state index contributed by atoms with van der Waals surface area (Å²) in [5, 5.41) is 0. The minimum absolute atomic E-state index is 0.0231. The molecule has 0 saturated heterocycles. The molecule has 96 valence electrons. The maximum atomic E-state index is 11.7. The van der Waals surface area contributed by atoms with Crippen molar-refractivity contribution in [2.24, 2.45) is 0 Å². The predicted molar refractivity (Wildman–Crippen MR) is 73.4 cm³/mol. The molecule has 0 amide bonds. The Kier molecular flexibility index (Phi) is 7.03. The second-order valence-electron chi connectivity index (χ2n) is 3.46. The molecule has 0 aliphatic heterocycles. The summed E-state index contributed by atoms with van der Waals surface area (Å²) in [5.41, 5.74) is -0.0231. The van der Waals surface area contributed by atoms with Crippen LogP contribution in [-0.2, 0) is 16.0 Å². The van der Waals surface area contributed by atoms with Gasteiger partial charge in [0.2, 0.25) is 0 Å². The van der Waals surface area contributed by atoms with Crippen LogP contribution in [0.25, 0.3) is 0 Å². The van der Waals surface area contributed by atoms with Crippen LogP contribution < -0.4 is 5.56 Å². The molecule has 0 fully saturated rings. The highest BCUT2D eigenvalue weighted by atomic mass is 79.9. The molecule has 0 atom stereocenters. The zero-order valence-corrected chi connectivity index (χ0v) is 12.8. The van der Waals surface area contributed by atoms with Crippen molar-refractivity contribution in [2.45, 2.75) is 13.0 Å². The lowest BCUT2D eigenvalue weighted by Gasteiger charge is -2.07. The van der Waals surface area contributed by atoms with E-state index in [9.17, 15) is 4.79 Å². The number of nitrogens with zero attached hydrogens (tertiary/aromatic N) is 1. The highest BCUT2D eigenvalue weighted by Gasteiger charge is 2.02. The predicted octanol–water partition coefficient (Wildman–Crippen LogP) is 2.43. The Morgan fingerprint density at radius 1 is 1.29 bits per heavy atom. The van der Waals surface area contributed by atoms with Crippen molar-refractivity contribution in [1.29, 1.82) is 0 Å². The molecule has 1 aromatic rings. The topological polar surface area (TPSA) is 40.5 Å². The van der Waals surface area contributed by atoms with E-state index in [0.29, 0.717) is 30.8 Å². The minimum atomic E-state index is -0.0231. The standard InChI is InChI=1S/C11H15Br2NO3/c1-16-5-6-17-4-2-3-14-8-9(12)7-10(13)11(14)15/h7-8H,2-6H2,1H3. The molecular weight excluding hydrogens is 354 g/mol. The van der Waals surface area contributed by atoms with E-state index in [1.807, 2.05) is 0 Å². The third-order valence-corrected chi connectivity index (χ3v) is 3.13. The Labute approximate surface area is 117 Å². The molecular formula is C11H15Br2NO3. The molecule has 0 spiro atoms. The number of halogens is 2. The van der Waals surface area contributed by atoms with Gasteiger partial charge in [0.25, 0.3) is 5.56 Å². The van der Waals surface area contributed by atoms with Gasteiger partial charge in [-0.2, -0.15) is 0 Å². The van der Waals surface area contributed by atoms with E-state index >= 15 is 0 Å². The quantitative estimate of drug-likeness (QED) is 0.694. The summed E-state index contributed by atoms with van der Waals surface area (Å²) in [7, 11) is 1.64. The summed E-state index contributed by atoms with van der Waals surface area (Å²) >= 11 is 6.58. The molecule has 0 aliphatic rings. The van der Waals surface area contributed by atoms with Crippen molar-refractivity contribution < 1.29 is 9.47 Å². The van der Waals surface area contributed by atoms with Gasteiger partial charge in [0, 0.05) is 30.9 Å². The fourth-order valence-corrected chi connectivity index (χ4v) is 2.57. The van der Waals surface area contributed by atoms with E-state index in [4.69, 9.17) is 9.47 Å². The number of aryl methyl sites for hydroxylation is 1. The van der Waals surface area contributed by atoms with Gasteiger partial charge >= 0.3 is 0 Å². The van der Waals surface area contributed by atoms with Gasteiger partial charge in [-0.15, -0.1) is 0 Å². The zero-order valence-electron chi connectivity index (χ0n) is 9.62. The van der Waals surface area contributed by atoms with Crippen LogP contribution in [0.15, 0.2) is 26.0 Å². The van der Waals surface area contributed by atoms with E-state index in [0.717, 1.165) is 10.9 Å². The maximum Gasteiger partial charge on any atom is 0.264 e. The third kappa shape index (κ3) is 5.33. The van der Waals surface area contributed by atoms with Crippen LogP contribution in [0.1, 0.15) is 6.42 Å². The first-order chi connectivity index (χ1) is 8.15. The second-order valence-corrected chi connectivity index (χ2v) is 5.23. The lowest BCUT2D eigenvalue weighted by molar-refractivity contribution is 0.0679. The molecule has 1 heterocycles. The molecule has 0 aliphatic carbocycles. The van der Waals surface area contributed by atoms with Crippen molar-refractivity contribution in [3.8, 4) is 0 Å². The molecule has 0 saturated carbocycles. The summed E-state index contributed by atoms with van der Waals surface area (Å²) in [6, 6.07) is 1.74. The number of ether oxygens (including phenoxy) is 2. The summed E-state index contributed by atoms with van der Waals surface area (Å²) in [6.07, 6.45) is 2.58. The first kappa shape index (κ1) is 14.9. The van der Waals surface area contributed by atoms with E-state index in [-0.39, 0.29) is 5.56 Å². The molecule has 0 radical (unpaired) electrons. The van der Waals surface area contributed by atoms with Crippen LogP contribution in [-0.4, -0.2) is 31.5 Å². The van der Waals surface area contributed by atoms with E-state index in [1.54, 1.807) is 23.9 Å². The smallest absolute Gasteiger partial charge is 0.264 e. The lowest BCUT2D eigenvalue weighted by Crippen LogP contribution is -2.21. The molecule has 1 aromatic heterocycles. The fraction of sp³-hybridized carbons (Fsp3) is 0.545. The van der Waals surface area contributed by atoms with Gasteiger partial charge in [-0.05, 0) is 44.3 Å². The molecule has 0 bridgehead atoms. The monoisotopic (exact) mass is 367 g/mol. The third-order valence-electron chi connectivity index (χ3n) is 2.13. The van der Waals surface area contributed by atoms with E-state index in [2.05, 4.69) is 31.9 Å². The highest BCUT2D eigenvalue weighted by Crippen LogP contribution is 2.12. The molecule has 1 rings (SSSR count). The molecule has 4 nitrogen and oxygen atoms in total. The van der Waals surface area contributed by atoms with Crippen LogP contribution in [0.3, 0.4) is 0 Å². The van der Waals surface area contributed by atoms with Crippen molar-refractivity contribution in [1.82, 2.24) is 4.57 Å². The van der Waals surface area contributed by atoms with Crippen LogP contribution in [0, 0.1) is 0 Å². The number of pyridine rings is 1.